The van der Waals surface area contributed by atoms with Crippen molar-refractivity contribution in [2.24, 2.45) is 0 Å². The summed E-state index contributed by atoms with van der Waals surface area (Å²) in [6.07, 6.45) is 3.99. The summed E-state index contributed by atoms with van der Waals surface area (Å²) in [5.41, 5.74) is 0. The number of hydrogen-bond acceptors (Lipinski definition) is 5. The number of amides is 1. The van der Waals surface area contributed by atoms with E-state index in [1.165, 1.54) is 11.0 Å². The highest BCUT2D eigenvalue weighted by Gasteiger charge is 2.28. The third-order valence-electron chi connectivity index (χ3n) is 3.05. The van der Waals surface area contributed by atoms with Crippen molar-refractivity contribution in [3.05, 3.63) is 6.33 Å². The molecule has 2 rings (SSSR count). The lowest BCUT2D eigenvalue weighted by Gasteiger charge is -2.34. The molecule has 1 aliphatic rings. The van der Waals surface area contributed by atoms with E-state index in [0.717, 1.165) is 19.3 Å². The Kier molecular flexibility index (Phi) is 3.85. The zero-order chi connectivity index (χ0) is 13.0. The van der Waals surface area contributed by atoms with E-state index in [9.17, 15) is 9.59 Å². The minimum Gasteiger partial charge on any atom is -0.481 e. The number of aromatic nitrogens is 4. The fraction of sp³-hybridized carbons (Fsp3) is 0.700. The number of carbonyl (C=O) groups is 2. The SMILES string of the molecule is O=C(O)CC1CCCCN1C(=O)Cn1cnnn1. The molecular weight excluding hydrogens is 238 g/mol. The van der Waals surface area contributed by atoms with Gasteiger partial charge >= 0.3 is 5.97 Å². The third kappa shape index (κ3) is 3.02. The van der Waals surface area contributed by atoms with Crippen LogP contribution < -0.4 is 0 Å². The maximum absolute atomic E-state index is 12.1. The van der Waals surface area contributed by atoms with Crippen LogP contribution in [0.2, 0.25) is 0 Å². The molecule has 1 aromatic heterocycles. The predicted octanol–water partition coefficient (Wildman–Crippen LogP) is -0.471. The Morgan fingerprint density at radius 1 is 1.39 bits per heavy atom. The van der Waals surface area contributed by atoms with Gasteiger partial charge < -0.3 is 10.0 Å². The summed E-state index contributed by atoms with van der Waals surface area (Å²) in [6.45, 7) is 0.669. The van der Waals surface area contributed by atoms with Crippen LogP contribution in [0.15, 0.2) is 6.33 Å². The fourth-order valence-corrected chi connectivity index (χ4v) is 2.22. The number of hydrogen-bond donors (Lipinski definition) is 1. The van der Waals surface area contributed by atoms with Gasteiger partial charge in [-0.3, -0.25) is 9.59 Å². The molecule has 8 heteroatoms. The average Bonchev–Trinajstić information content (AvgIpc) is 2.81. The molecule has 1 aromatic rings. The number of tetrazole rings is 1. The van der Waals surface area contributed by atoms with Crippen LogP contribution in [-0.2, 0) is 16.1 Å². The maximum Gasteiger partial charge on any atom is 0.305 e. The Hall–Kier alpha value is -1.99. The van der Waals surface area contributed by atoms with Crippen LogP contribution >= 0.6 is 0 Å². The molecule has 0 aliphatic carbocycles. The minimum absolute atomic E-state index is 0.00134. The van der Waals surface area contributed by atoms with E-state index in [4.69, 9.17) is 5.11 Å². The van der Waals surface area contributed by atoms with Crippen molar-refractivity contribution in [2.75, 3.05) is 6.54 Å². The molecule has 0 saturated carbocycles. The van der Waals surface area contributed by atoms with Crippen LogP contribution in [-0.4, -0.2) is 54.7 Å². The van der Waals surface area contributed by atoms with Gasteiger partial charge in [-0.05, 0) is 29.7 Å². The van der Waals surface area contributed by atoms with E-state index in [1.807, 2.05) is 0 Å². The van der Waals surface area contributed by atoms with Gasteiger partial charge in [-0.1, -0.05) is 0 Å². The Bertz CT molecular complexity index is 419. The maximum atomic E-state index is 12.1. The predicted molar refractivity (Wildman–Crippen MR) is 59.4 cm³/mol. The molecule has 0 spiro atoms. The first-order valence-corrected chi connectivity index (χ1v) is 5.89. The Balaban J connectivity index is 1.99. The molecule has 1 aliphatic heterocycles. The highest BCUT2D eigenvalue weighted by Crippen LogP contribution is 2.20. The number of carbonyl (C=O) groups excluding carboxylic acids is 1. The Labute approximate surface area is 104 Å². The molecule has 18 heavy (non-hydrogen) atoms. The standard InChI is InChI=1S/C10H15N5O3/c16-9(6-14-7-11-12-13-14)15-4-2-1-3-8(15)5-10(17)18/h7-8H,1-6H2,(H,17,18). The van der Waals surface area contributed by atoms with Gasteiger partial charge in [-0.15, -0.1) is 5.10 Å². The van der Waals surface area contributed by atoms with Gasteiger partial charge in [0.2, 0.25) is 5.91 Å². The van der Waals surface area contributed by atoms with E-state index in [0.29, 0.717) is 6.54 Å². The summed E-state index contributed by atoms with van der Waals surface area (Å²) in [5.74, 6) is -1.00. The van der Waals surface area contributed by atoms with Gasteiger partial charge in [0.1, 0.15) is 12.9 Å². The van der Waals surface area contributed by atoms with Gasteiger partial charge in [0.05, 0.1) is 6.42 Å². The monoisotopic (exact) mass is 253 g/mol. The molecule has 0 aromatic carbocycles. The second kappa shape index (κ2) is 5.56. The highest BCUT2D eigenvalue weighted by molar-refractivity contribution is 5.77. The lowest BCUT2D eigenvalue weighted by molar-refractivity contribution is -0.142. The quantitative estimate of drug-likeness (QED) is 0.778. The summed E-state index contributed by atoms with van der Waals surface area (Å²) in [5, 5.41) is 19.4. The third-order valence-corrected chi connectivity index (χ3v) is 3.05. The largest absolute Gasteiger partial charge is 0.481 e. The lowest BCUT2D eigenvalue weighted by atomic mass is 9.99. The minimum atomic E-state index is -0.873. The van der Waals surface area contributed by atoms with Crippen molar-refractivity contribution < 1.29 is 14.7 Å². The van der Waals surface area contributed by atoms with Crippen molar-refractivity contribution in [1.29, 1.82) is 0 Å². The number of aliphatic carboxylic acids is 1. The number of likely N-dealkylation sites (tertiary alicyclic amines) is 1. The lowest BCUT2D eigenvalue weighted by Crippen LogP contribution is -2.46. The Morgan fingerprint density at radius 3 is 2.89 bits per heavy atom. The highest BCUT2D eigenvalue weighted by atomic mass is 16.4. The van der Waals surface area contributed by atoms with E-state index >= 15 is 0 Å². The number of piperidine rings is 1. The van der Waals surface area contributed by atoms with Gasteiger partial charge in [-0.2, -0.15) is 0 Å². The fourth-order valence-electron chi connectivity index (χ4n) is 2.22. The number of rotatable bonds is 4. The van der Waals surface area contributed by atoms with E-state index < -0.39 is 5.97 Å². The van der Waals surface area contributed by atoms with Crippen molar-refractivity contribution in [2.45, 2.75) is 38.3 Å². The molecule has 1 saturated heterocycles. The summed E-state index contributed by atoms with van der Waals surface area (Å²) < 4.78 is 1.34. The zero-order valence-corrected chi connectivity index (χ0v) is 9.90. The number of carboxylic acid groups (broad SMARTS) is 1. The summed E-state index contributed by atoms with van der Waals surface area (Å²) >= 11 is 0. The van der Waals surface area contributed by atoms with E-state index in [2.05, 4.69) is 15.5 Å². The summed E-state index contributed by atoms with van der Waals surface area (Å²) in [7, 11) is 0. The first kappa shape index (κ1) is 12.5. The summed E-state index contributed by atoms with van der Waals surface area (Å²) in [6, 6.07) is -0.208. The van der Waals surface area contributed by atoms with Crippen LogP contribution in [0.25, 0.3) is 0 Å². The second-order valence-electron chi connectivity index (χ2n) is 4.34. The second-order valence-corrected chi connectivity index (χ2v) is 4.34. The molecule has 0 radical (unpaired) electrons. The average molecular weight is 253 g/mol. The van der Waals surface area contributed by atoms with E-state index in [-0.39, 0.29) is 24.9 Å². The molecular formula is C10H15N5O3. The van der Waals surface area contributed by atoms with Crippen LogP contribution in [0, 0.1) is 0 Å². The van der Waals surface area contributed by atoms with Crippen molar-refractivity contribution in [3.8, 4) is 0 Å². The molecule has 1 fully saturated rings. The van der Waals surface area contributed by atoms with Gasteiger partial charge in [0.15, 0.2) is 0 Å². The summed E-state index contributed by atoms with van der Waals surface area (Å²) in [4.78, 5) is 24.5. The molecule has 0 bridgehead atoms. The topological polar surface area (TPSA) is 101 Å². The normalized spacial score (nSPS) is 19.8. The number of nitrogens with zero attached hydrogens (tertiary/aromatic N) is 5. The molecule has 1 atom stereocenters. The molecule has 1 amide bonds. The van der Waals surface area contributed by atoms with Crippen LogP contribution in [0.1, 0.15) is 25.7 Å². The molecule has 8 nitrogen and oxygen atoms in total. The van der Waals surface area contributed by atoms with Gasteiger partial charge in [0, 0.05) is 12.6 Å². The Morgan fingerprint density at radius 2 is 2.22 bits per heavy atom. The molecule has 2 heterocycles. The van der Waals surface area contributed by atoms with Crippen molar-refractivity contribution in [3.63, 3.8) is 0 Å². The first-order valence-electron chi connectivity index (χ1n) is 5.89. The first-order chi connectivity index (χ1) is 8.66. The van der Waals surface area contributed by atoms with Crippen LogP contribution in [0.3, 0.4) is 0 Å². The molecule has 98 valence electrons. The smallest absolute Gasteiger partial charge is 0.305 e. The number of carboxylic acids is 1. The van der Waals surface area contributed by atoms with Crippen LogP contribution in [0.5, 0.6) is 0 Å². The van der Waals surface area contributed by atoms with Gasteiger partial charge in [0.25, 0.3) is 0 Å². The van der Waals surface area contributed by atoms with Gasteiger partial charge in [-0.25, -0.2) is 4.68 Å². The zero-order valence-electron chi connectivity index (χ0n) is 9.90. The molecule has 1 N–H and O–H groups in total. The molecule has 1 unspecified atom stereocenters. The van der Waals surface area contributed by atoms with Crippen molar-refractivity contribution >= 4 is 11.9 Å². The van der Waals surface area contributed by atoms with Crippen molar-refractivity contribution in [1.82, 2.24) is 25.1 Å². The van der Waals surface area contributed by atoms with E-state index in [1.54, 1.807) is 4.90 Å². The van der Waals surface area contributed by atoms with Crippen LogP contribution in [0.4, 0.5) is 0 Å².